The number of ether oxygens (including phenoxy) is 1. The highest BCUT2D eigenvalue weighted by molar-refractivity contribution is 7.89. The summed E-state index contributed by atoms with van der Waals surface area (Å²) in [7, 11) is -2.54. The molecule has 0 spiro atoms. The molecule has 9 heteroatoms. The van der Waals surface area contributed by atoms with Crippen LogP contribution in [0.15, 0.2) is 23.1 Å². The summed E-state index contributed by atoms with van der Waals surface area (Å²) in [5.41, 5.74) is -0.0241. The average Bonchev–Trinajstić information content (AvgIpc) is 3.43. The zero-order chi connectivity index (χ0) is 18.0. The Labute approximate surface area is 165 Å². The van der Waals surface area contributed by atoms with Gasteiger partial charge in [0.15, 0.2) is 0 Å². The zero-order valence-electron chi connectivity index (χ0n) is 14.6. The van der Waals surface area contributed by atoms with Crippen molar-refractivity contribution < 1.29 is 17.9 Å². The third-order valence-electron chi connectivity index (χ3n) is 4.81. The summed E-state index contributed by atoms with van der Waals surface area (Å²) in [6.07, 6.45) is 4.14. The van der Waals surface area contributed by atoms with Gasteiger partial charge in [-0.15, -0.1) is 12.4 Å². The SMILES string of the molecule is COC(=O)c1cc(Cl)ccc1S(=O)(=O)N1CCC(NCC2CC2)CC1.Cl. The lowest BCUT2D eigenvalue weighted by Gasteiger charge is -2.32. The van der Waals surface area contributed by atoms with Crippen LogP contribution in [0.5, 0.6) is 0 Å². The number of methoxy groups -OCH3 is 1. The number of hydrogen-bond donors (Lipinski definition) is 1. The van der Waals surface area contributed by atoms with E-state index >= 15 is 0 Å². The van der Waals surface area contributed by atoms with E-state index in [2.05, 4.69) is 5.32 Å². The monoisotopic (exact) mass is 422 g/mol. The Bertz CT molecular complexity index is 745. The molecule has 0 amide bonds. The van der Waals surface area contributed by atoms with Crippen molar-refractivity contribution in [3.05, 3.63) is 28.8 Å². The minimum absolute atomic E-state index is 0. The predicted molar refractivity (Wildman–Crippen MR) is 103 cm³/mol. The third kappa shape index (κ3) is 4.89. The summed E-state index contributed by atoms with van der Waals surface area (Å²) in [5.74, 6) is 0.0977. The smallest absolute Gasteiger partial charge is 0.339 e. The van der Waals surface area contributed by atoms with E-state index in [1.807, 2.05) is 0 Å². The van der Waals surface area contributed by atoms with Crippen molar-refractivity contribution in [1.82, 2.24) is 9.62 Å². The maximum Gasteiger partial charge on any atom is 0.339 e. The molecule has 2 fully saturated rings. The highest BCUT2D eigenvalue weighted by atomic mass is 35.5. The zero-order valence-corrected chi connectivity index (χ0v) is 17.0. The van der Waals surface area contributed by atoms with Crippen molar-refractivity contribution in [1.29, 1.82) is 0 Å². The van der Waals surface area contributed by atoms with E-state index in [1.54, 1.807) is 0 Å². The van der Waals surface area contributed by atoms with E-state index in [0.717, 1.165) is 25.3 Å². The minimum Gasteiger partial charge on any atom is -0.465 e. The van der Waals surface area contributed by atoms with Gasteiger partial charge >= 0.3 is 5.97 Å². The van der Waals surface area contributed by atoms with Gasteiger partial charge in [0.05, 0.1) is 17.6 Å². The second-order valence-corrected chi connectivity index (χ2v) is 9.00. The first-order valence-electron chi connectivity index (χ1n) is 8.53. The molecule has 1 saturated heterocycles. The molecule has 0 unspecified atom stereocenters. The summed E-state index contributed by atoms with van der Waals surface area (Å²) >= 11 is 5.91. The van der Waals surface area contributed by atoms with Gasteiger partial charge in [-0.1, -0.05) is 11.6 Å². The fourth-order valence-electron chi connectivity index (χ4n) is 3.09. The number of benzene rings is 1. The maximum absolute atomic E-state index is 13.0. The second kappa shape index (κ2) is 8.89. The number of rotatable bonds is 6. The number of sulfonamides is 1. The Hall–Kier alpha value is -0.860. The van der Waals surface area contributed by atoms with Crippen molar-refractivity contribution in [2.24, 2.45) is 5.92 Å². The van der Waals surface area contributed by atoms with Crippen molar-refractivity contribution in [3.63, 3.8) is 0 Å². The highest BCUT2D eigenvalue weighted by Crippen LogP contribution is 2.29. The van der Waals surface area contributed by atoms with Crippen LogP contribution in [-0.2, 0) is 14.8 Å². The van der Waals surface area contributed by atoms with E-state index in [0.29, 0.717) is 24.2 Å². The molecule has 1 N–H and O–H groups in total. The Kier molecular flexibility index (Phi) is 7.33. The summed E-state index contributed by atoms with van der Waals surface area (Å²) in [6, 6.07) is 4.55. The van der Waals surface area contributed by atoms with Crippen LogP contribution in [0.2, 0.25) is 5.02 Å². The standard InChI is InChI=1S/C17H23ClN2O4S.ClH/c1-24-17(21)15-10-13(18)4-5-16(15)25(22,23)20-8-6-14(7-9-20)19-11-12-2-3-12;/h4-5,10,12,14,19H,2-3,6-9,11H2,1H3;1H. The normalized spacial score (nSPS) is 19.0. The minimum atomic E-state index is -3.76. The Morgan fingerprint density at radius 3 is 2.50 bits per heavy atom. The number of nitrogens with zero attached hydrogens (tertiary/aromatic N) is 1. The van der Waals surface area contributed by atoms with Crippen molar-refractivity contribution in [2.45, 2.75) is 36.6 Å². The maximum atomic E-state index is 13.0. The first kappa shape index (κ1) is 21.4. The van der Waals surface area contributed by atoms with Gasteiger partial charge in [0.25, 0.3) is 0 Å². The lowest BCUT2D eigenvalue weighted by Crippen LogP contribution is -2.45. The van der Waals surface area contributed by atoms with E-state index in [-0.39, 0.29) is 22.9 Å². The summed E-state index contributed by atoms with van der Waals surface area (Å²) in [6.45, 7) is 1.91. The van der Waals surface area contributed by atoms with Crippen molar-refractivity contribution >= 4 is 40.0 Å². The van der Waals surface area contributed by atoms with Crippen LogP contribution in [0, 0.1) is 5.92 Å². The fourth-order valence-corrected chi connectivity index (χ4v) is 4.89. The van der Waals surface area contributed by atoms with Crippen molar-refractivity contribution in [2.75, 3.05) is 26.7 Å². The second-order valence-electron chi connectivity index (χ2n) is 6.66. The molecule has 1 aliphatic carbocycles. The number of nitrogens with one attached hydrogen (secondary N) is 1. The van der Waals surface area contributed by atoms with Crippen LogP contribution >= 0.6 is 24.0 Å². The number of halogens is 2. The van der Waals surface area contributed by atoms with Crippen LogP contribution in [0.25, 0.3) is 0 Å². The molecule has 0 bridgehead atoms. The number of carbonyl (C=O) groups excluding carboxylic acids is 1. The van der Waals surface area contributed by atoms with Gasteiger partial charge in [-0.25, -0.2) is 13.2 Å². The molecule has 2 aliphatic rings. The van der Waals surface area contributed by atoms with Crippen LogP contribution in [0.3, 0.4) is 0 Å². The molecule has 1 aliphatic heterocycles. The van der Waals surface area contributed by atoms with E-state index < -0.39 is 16.0 Å². The van der Waals surface area contributed by atoms with Gasteiger partial charge in [0, 0.05) is 24.2 Å². The van der Waals surface area contributed by atoms with Gasteiger partial charge < -0.3 is 10.1 Å². The molecular formula is C17H24Cl2N2O4S. The van der Waals surface area contributed by atoms with Gasteiger partial charge in [-0.3, -0.25) is 0 Å². The van der Waals surface area contributed by atoms with Gasteiger partial charge in [0.2, 0.25) is 10.0 Å². The summed E-state index contributed by atoms with van der Waals surface area (Å²) in [5, 5.41) is 3.82. The van der Waals surface area contributed by atoms with E-state index in [4.69, 9.17) is 16.3 Å². The number of hydrogen-bond acceptors (Lipinski definition) is 5. The van der Waals surface area contributed by atoms with E-state index in [1.165, 1.54) is 42.5 Å². The molecule has 26 heavy (non-hydrogen) atoms. The largest absolute Gasteiger partial charge is 0.465 e. The molecule has 1 aromatic rings. The molecule has 0 atom stereocenters. The molecule has 3 rings (SSSR count). The number of piperidine rings is 1. The van der Waals surface area contributed by atoms with Gasteiger partial charge in [-0.05, 0) is 56.3 Å². The lowest BCUT2D eigenvalue weighted by molar-refractivity contribution is 0.0596. The number of carbonyl (C=O) groups is 1. The highest BCUT2D eigenvalue weighted by Gasteiger charge is 2.33. The molecule has 1 aromatic carbocycles. The molecule has 1 saturated carbocycles. The quantitative estimate of drug-likeness (QED) is 0.713. The van der Waals surface area contributed by atoms with Crippen LogP contribution in [0.1, 0.15) is 36.0 Å². The predicted octanol–water partition coefficient (Wildman–Crippen LogP) is 2.70. The fraction of sp³-hybridized carbons (Fsp3) is 0.588. The first-order valence-corrected chi connectivity index (χ1v) is 10.3. The molecule has 6 nitrogen and oxygen atoms in total. The van der Waals surface area contributed by atoms with Gasteiger partial charge in [-0.2, -0.15) is 4.31 Å². The van der Waals surface area contributed by atoms with Crippen LogP contribution < -0.4 is 5.32 Å². The number of esters is 1. The molecule has 0 aromatic heterocycles. The Morgan fingerprint density at radius 1 is 1.27 bits per heavy atom. The molecule has 1 heterocycles. The van der Waals surface area contributed by atoms with Crippen LogP contribution in [0.4, 0.5) is 0 Å². The average molecular weight is 423 g/mol. The lowest BCUT2D eigenvalue weighted by atomic mass is 10.1. The molecular weight excluding hydrogens is 399 g/mol. The Balaban J connectivity index is 0.00000243. The summed E-state index contributed by atoms with van der Waals surface area (Å²) in [4.78, 5) is 11.9. The van der Waals surface area contributed by atoms with E-state index in [9.17, 15) is 13.2 Å². The molecule has 146 valence electrons. The van der Waals surface area contributed by atoms with Gasteiger partial charge in [0.1, 0.15) is 0 Å². The third-order valence-corrected chi connectivity index (χ3v) is 7.00. The summed E-state index contributed by atoms with van der Waals surface area (Å²) < 4.78 is 32.1. The first-order chi connectivity index (χ1) is 11.9. The molecule has 0 radical (unpaired) electrons. The van der Waals surface area contributed by atoms with Crippen molar-refractivity contribution in [3.8, 4) is 0 Å². The van der Waals surface area contributed by atoms with Crippen LogP contribution in [-0.4, -0.2) is 51.5 Å². The topological polar surface area (TPSA) is 75.7 Å². The Morgan fingerprint density at radius 2 is 1.92 bits per heavy atom.